The highest BCUT2D eigenvalue weighted by Gasteiger charge is 2.26. The van der Waals surface area contributed by atoms with E-state index in [-0.39, 0.29) is 12.2 Å². The number of aromatic nitrogens is 2. The first kappa shape index (κ1) is 19.7. The van der Waals surface area contributed by atoms with Crippen LogP contribution in [0, 0.1) is 4.84 Å². The fourth-order valence-corrected chi connectivity index (χ4v) is 3.64. The van der Waals surface area contributed by atoms with Crippen molar-refractivity contribution in [2.24, 2.45) is 0 Å². The standard InChI is InChI=1S/C18H25N3O5S/c1-11-8-20(9-12(2)25-11)10-21-18(27)26-17(19-21)13-6-14(22-3)16(24-5)15(7-13)23-4/h6-7,11-12H,8-10H2,1-5H3/p+1/t11-,12-/m1/s1. The van der Waals surface area contributed by atoms with Crippen molar-refractivity contribution < 1.29 is 28.3 Å². The number of ether oxygens (including phenoxy) is 4. The number of methoxy groups -OCH3 is 3. The second-order valence-corrected chi connectivity index (χ2v) is 7.01. The topological polar surface area (TPSA) is 72.3 Å². The zero-order valence-corrected chi connectivity index (χ0v) is 17.1. The van der Waals surface area contributed by atoms with Crippen molar-refractivity contribution in [3.8, 4) is 28.7 Å². The summed E-state index contributed by atoms with van der Waals surface area (Å²) in [5.41, 5.74) is 0.702. The van der Waals surface area contributed by atoms with Gasteiger partial charge in [-0.1, -0.05) is 0 Å². The van der Waals surface area contributed by atoms with E-state index >= 15 is 0 Å². The summed E-state index contributed by atoms with van der Waals surface area (Å²) in [7, 11) is 4.70. The SMILES string of the molecule is COc1cc(-c2nn(C[NH+]3C[C@@H](C)O[C@H](C)C3)c(=S)o2)cc(OC)c1OC. The molecular formula is C18H26N3O5S+. The average molecular weight is 396 g/mol. The van der Waals surface area contributed by atoms with Crippen molar-refractivity contribution in [3.05, 3.63) is 17.0 Å². The van der Waals surface area contributed by atoms with Gasteiger partial charge >= 0.3 is 0 Å². The van der Waals surface area contributed by atoms with Gasteiger partial charge in [0.05, 0.1) is 21.3 Å². The number of hydrogen-bond acceptors (Lipinski definition) is 7. The van der Waals surface area contributed by atoms with Crippen molar-refractivity contribution in [3.63, 3.8) is 0 Å². The number of morpholine rings is 1. The van der Waals surface area contributed by atoms with E-state index in [9.17, 15) is 0 Å². The number of nitrogens with one attached hydrogen (secondary N) is 1. The van der Waals surface area contributed by atoms with Crippen LogP contribution in [0.5, 0.6) is 17.2 Å². The van der Waals surface area contributed by atoms with Gasteiger partial charge < -0.3 is 28.3 Å². The summed E-state index contributed by atoms with van der Waals surface area (Å²) in [4.78, 5) is 1.68. The lowest BCUT2D eigenvalue weighted by Crippen LogP contribution is -3.14. The highest BCUT2D eigenvalue weighted by molar-refractivity contribution is 7.71. The molecule has 0 bridgehead atoms. The van der Waals surface area contributed by atoms with Crippen LogP contribution >= 0.6 is 12.2 Å². The summed E-state index contributed by atoms with van der Waals surface area (Å²) in [5, 5.41) is 4.56. The molecule has 27 heavy (non-hydrogen) atoms. The van der Waals surface area contributed by atoms with Gasteiger partial charge in [0.25, 0.3) is 4.84 Å². The van der Waals surface area contributed by atoms with Crippen LogP contribution in [-0.2, 0) is 11.4 Å². The number of hydrogen-bond donors (Lipinski definition) is 1. The van der Waals surface area contributed by atoms with Crippen LogP contribution in [0.15, 0.2) is 16.5 Å². The van der Waals surface area contributed by atoms with Crippen molar-refractivity contribution in [2.45, 2.75) is 32.7 Å². The normalized spacial score (nSPS) is 22.5. The number of nitrogens with zero attached hydrogens (tertiary/aromatic N) is 2. The van der Waals surface area contributed by atoms with Crippen LogP contribution < -0.4 is 19.1 Å². The Kier molecular flexibility index (Phi) is 6.03. The van der Waals surface area contributed by atoms with Crippen LogP contribution in [-0.4, -0.2) is 56.4 Å². The summed E-state index contributed by atoms with van der Waals surface area (Å²) in [6, 6.07) is 3.58. The molecule has 1 aliphatic heterocycles. The molecule has 0 spiro atoms. The monoisotopic (exact) mass is 396 g/mol. The van der Waals surface area contributed by atoms with E-state index < -0.39 is 0 Å². The van der Waals surface area contributed by atoms with E-state index in [2.05, 4.69) is 18.9 Å². The third kappa shape index (κ3) is 4.26. The maximum absolute atomic E-state index is 5.79. The maximum Gasteiger partial charge on any atom is 0.292 e. The number of quaternary nitrogens is 1. The van der Waals surface area contributed by atoms with Gasteiger partial charge in [0.2, 0.25) is 11.6 Å². The van der Waals surface area contributed by atoms with Crippen LogP contribution in [0.4, 0.5) is 0 Å². The van der Waals surface area contributed by atoms with Crippen LogP contribution in [0.25, 0.3) is 11.5 Å². The third-order valence-corrected chi connectivity index (χ3v) is 4.80. The van der Waals surface area contributed by atoms with Crippen molar-refractivity contribution in [2.75, 3.05) is 34.4 Å². The van der Waals surface area contributed by atoms with E-state index in [4.69, 9.17) is 35.6 Å². The Morgan fingerprint density at radius 3 is 2.22 bits per heavy atom. The molecule has 1 fully saturated rings. The predicted molar refractivity (Wildman–Crippen MR) is 101 cm³/mol. The highest BCUT2D eigenvalue weighted by Crippen LogP contribution is 2.40. The van der Waals surface area contributed by atoms with E-state index in [1.165, 1.54) is 4.90 Å². The summed E-state index contributed by atoms with van der Waals surface area (Å²) in [6.07, 6.45) is 0.416. The lowest BCUT2D eigenvalue weighted by molar-refractivity contribution is -0.937. The van der Waals surface area contributed by atoms with Gasteiger partial charge in [-0.05, 0) is 38.2 Å². The molecule has 0 radical (unpaired) electrons. The minimum absolute atomic E-state index is 0.208. The van der Waals surface area contributed by atoms with Gasteiger partial charge in [0, 0.05) is 5.56 Å². The summed E-state index contributed by atoms with van der Waals surface area (Å²) in [5.74, 6) is 1.99. The fraction of sp³-hybridized carbons (Fsp3) is 0.556. The Balaban J connectivity index is 1.89. The molecule has 0 saturated carbocycles. The number of rotatable bonds is 6. The summed E-state index contributed by atoms with van der Waals surface area (Å²) in [6.45, 7) is 6.60. The van der Waals surface area contributed by atoms with Crippen molar-refractivity contribution in [1.29, 1.82) is 0 Å². The summed E-state index contributed by atoms with van der Waals surface area (Å²) >= 11 is 5.37. The van der Waals surface area contributed by atoms with Gasteiger partial charge in [-0.2, -0.15) is 4.68 Å². The first-order chi connectivity index (χ1) is 12.9. The molecular weight excluding hydrogens is 370 g/mol. The average Bonchev–Trinajstić information content (AvgIpc) is 3.00. The van der Waals surface area contributed by atoms with Crippen LogP contribution in [0.3, 0.4) is 0 Å². The molecule has 2 atom stereocenters. The Bertz CT molecular complexity index is 815. The first-order valence-corrected chi connectivity index (χ1v) is 9.23. The zero-order valence-electron chi connectivity index (χ0n) is 16.3. The van der Waals surface area contributed by atoms with Gasteiger partial charge in [-0.15, -0.1) is 5.10 Å². The molecule has 148 valence electrons. The molecule has 2 heterocycles. The lowest BCUT2D eigenvalue weighted by atomic mass is 10.2. The fourth-order valence-electron chi connectivity index (χ4n) is 3.46. The predicted octanol–water partition coefficient (Wildman–Crippen LogP) is 1.55. The third-order valence-electron chi connectivity index (χ3n) is 4.51. The van der Waals surface area contributed by atoms with Gasteiger partial charge in [0.15, 0.2) is 18.2 Å². The minimum atomic E-state index is 0.208. The first-order valence-electron chi connectivity index (χ1n) is 8.82. The molecule has 0 aliphatic carbocycles. The van der Waals surface area contributed by atoms with E-state index in [1.54, 1.807) is 38.1 Å². The molecule has 3 rings (SSSR count). The Morgan fingerprint density at radius 1 is 1.11 bits per heavy atom. The maximum atomic E-state index is 5.79. The van der Waals surface area contributed by atoms with E-state index in [0.717, 1.165) is 13.1 Å². The molecule has 0 amide bonds. The van der Waals surface area contributed by atoms with Gasteiger partial charge in [-0.3, -0.25) is 0 Å². The molecule has 1 aromatic heterocycles. The van der Waals surface area contributed by atoms with Gasteiger partial charge in [-0.25, -0.2) is 0 Å². The molecule has 1 aromatic carbocycles. The molecule has 8 nitrogen and oxygen atoms in total. The zero-order chi connectivity index (χ0) is 19.6. The Labute approximate surface area is 163 Å². The van der Waals surface area contributed by atoms with Gasteiger partial charge in [0.1, 0.15) is 25.3 Å². The number of benzene rings is 1. The molecule has 0 unspecified atom stereocenters. The van der Waals surface area contributed by atoms with Crippen molar-refractivity contribution >= 4 is 12.2 Å². The van der Waals surface area contributed by atoms with E-state index in [1.807, 2.05) is 0 Å². The molecule has 1 saturated heterocycles. The Morgan fingerprint density at radius 2 is 1.70 bits per heavy atom. The minimum Gasteiger partial charge on any atom is -0.493 e. The van der Waals surface area contributed by atoms with Crippen molar-refractivity contribution in [1.82, 2.24) is 9.78 Å². The quantitative estimate of drug-likeness (QED) is 0.743. The second-order valence-electron chi connectivity index (χ2n) is 6.66. The molecule has 1 N–H and O–H groups in total. The summed E-state index contributed by atoms with van der Waals surface area (Å²) < 4.78 is 29.4. The highest BCUT2D eigenvalue weighted by atomic mass is 32.1. The molecule has 1 aliphatic rings. The smallest absolute Gasteiger partial charge is 0.292 e. The molecule has 2 aromatic rings. The molecule has 9 heteroatoms. The van der Waals surface area contributed by atoms with Crippen LogP contribution in [0.2, 0.25) is 0 Å². The van der Waals surface area contributed by atoms with E-state index in [0.29, 0.717) is 40.2 Å². The largest absolute Gasteiger partial charge is 0.493 e. The Hall–Kier alpha value is -2.10. The van der Waals surface area contributed by atoms with Crippen LogP contribution in [0.1, 0.15) is 13.8 Å². The second kappa shape index (κ2) is 8.28. The lowest BCUT2D eigenvalue weighted by Gasteiger charge is -2.31.